The van der Waals surface area contributed by atoms with Crippen molar-refractivity contribution in [3.8, 4) is 5.75 Å². The molecule has 4 nitrogen and oxygen atoms in total. The second kappa shape index (κ2) is 6.39. The zero-order valence-corrected chi connectivity index (χ0v) is 12.8. The molecule has 0 aliphatic carbocycles. The van der Waals surface area contributed by atoms with E-state index in [4.69, 9.17) is 4.74 Å². The van der Waals surface area contributed by atoms with Gasteiger partial charge in [-0.15, -0.1) is 0 Å². The van der Waals surface area contributed by atoms with Gasteiger partial charge in [0.15, 0.2) is 0 Å². The van der Waals surface area contributed by atoms with Crippen LogP contribution in [0.2, 0.25) is 0 Å². The number of carbonyl (C=O) groups excluding carboxylic acids is 1. The van der Waals surface area contributed by atoms with E-state index in [1.165, 1.54) is 0 Å². The van der Waals surface area contributed by atoms with Gasteiger partial charge in [-0.05, 0) is 59.4 Å². The molecule has 1 fully saturated rings. The van der Waals surface area contributed by atoms with Gasteiger partial charge in [-0.2, -0.15) is 0 Å². The third-order valence-electron chi connectivity index (χ3n) is 3.40. The summed E-state index contributed by atoms with van der Waals surface area (Å²) in [5, 5.41) is 6.20. The van der Waals surface area contributed by atoms with E-state index in [9.17, 15) is 4.79 Å². The maximum absolute atomic E-state index is 12.2. The molecule has 2 atom stereocenters. The van der Waals surface area contributed by atoms with Crippen LogP contribution in [0.4, 0.5) is 5.69 Å². The van der Waals surface area contributed by atoms with Crippen molar-refractivity contribution in [2.24, 2.45) is 5.92 Å². The highest BCUT2D eigenvalue weighted by Gasteiger charge is 2.24. The molecule has 19 heavy (non-hydrogen) atoms. The standard InChI is InChI=1S/C14H19BrN2O2/c1-9-5-6-16-12(7-9)14(18)17-10-3-4-13(19-2)11(15)8-10/h3-4,8-9,12,16H,5-7H2,1-2H3,(H,17,18). The molecule has 0 aromatic heterocycles. The predicted octanol–water partition coefficient (Wildman–Crippen LogP) is 2.78. The lowest BCUT2D eigenvalue weighted by molar-refractivity contribution is -0.119. The van der Waals surface area contributed by atoms with Crippen LogP contribution < -0.4 is 15.4 Å². The number of amides is 1. The summed E-state index contributed by atoms with van der Waals surface area (Å²) in [6, 6.07) is 5.43. The molecular weight excluding hydrogens is 308 g/mol. The molecule has 1 saturated heterocycles. The van der Waals surface area contributed by atoms with Gasteiger partial charge in [-0.1, -0.05) is 6.92 Å². The first-order valence-corrected chi connectivity index (χ1v) is 7.27. The summed E-state index contributed by atoms with van der Waals surface area (Å²) in [7, 11) is 1.62. The van der Waals surface area contributed by atoms with E-state index < -0.39 is 0 Å². The first-order valence-electron chi connectivity index (χ1n) is 6.48. The fourth-order valence-corrected chi connectivity index (χ4v) is 2.82. The molecule has 0 saturated carbocycles. The summed E-state index contributed by atoms with van der Waals surface area (Å²) < 4.78 is 5.99. The number of ether oxygens (including phenoxy) is 1. The Balaban J connectivity index is 2.00. The molecule has 0 spiro atoms. The normalized spacial score (nSPS) is 22.9. The Bertz CT molecular complexity index is 465. The van der Waals surface area contributed by atoms with Crippen LogP contribution in [-0.2, 0) is 4.79 Å². The minimum atomic E-state index is -0.0929. The maximum atomic E-state index is 12.2. The SMILES string of the molecule is COc1ccc(NC(=O)C2CC(C)CCN2)cc1Br. The van der Waals surface area contributed by atoms with E-state index in [2.05, 4.69) is 33.5 Å². The van der Waals surface area contributed by atoms with Gasteiger partial charge in [0.1, 0.15) is 5.75 Å². The summed E-state index contributed by atoms with van der Waals surface area (Å²) in [6.07, 6.45) is 2.03. The zero-order chi connectivity index (χ0) is 13.8. The number of anilines is 1. The average molecular weight is 327 g/mol. The molecule has 1 heterocycles. The summed E-state index contributed by atoms with van der Waals surface area (Å²) in [5.74, 6) is 1.38. The quantitative estimate of drug-likeness (QED) is 0.898. The number of nitrogens with one attached hydrogen (secondary N) is 2. The Morgan fingerprint density at radius 3 is 2.95 bits per heavy atom. The van der Waals surface area contributed by atoms with Gasteiger partial charge in [0.2, 0.25) is 5.91 Å². The fourth-order valence-electron chi connectivity index (χ4n) is 2.28. The smallest absolute Gasteiger partial charge is 0.241 e. The zero-order valence-electron chi connectivity index (χ0n) is 11.2. The molecule has 0 radical (unpaired) electrons. The summed E-state index contributed by atoms with van der Waals surface area (Å²) in [6.45, 7) is 3.09. The highest BCUT2D eigenvalue weighted by Crippen LogP contribution is 2.28. The van der Waals surface area contributed by atoms with E-state index in [1.54, 1.807) is 7.11 Å². The van der Waals surface area contributed by atoms with Crippen LogP contribution in [0.15, 0.2) is 22.7 Å². The van der Waals surface area contributed by atoms with Crippen LogP contribution in [0.5, 0.6) is 5.75 Å². The maximum Gasteiger partial charge on any atom is 0.241 e. The number of carbonyl (C=O) groups is 1. The van der Waals surface area contributed by atoms with Gasteiger partial charge < -0.3 is 15.4 Å². The Morgan fingerprint density at radius 1 is 1.53 bits per heavy atom. The van der Waals surface area contributed by atoms with Gasteiger partial charge in [-0.3, -0.25) is 4.79 Å². The molecule has 1 aromatic rings. The topological polar surface area (TPSA) is 50.4 Å². The molecule has 2 N–H and O–H groups in total. The number of benzene rings is 1. The van der Waals surface area contributed by atoms with Crippen molar-refractivity contribution in [2.45, 2.75) is 25.8 Å². The molecule has 1 aromatic carbocycles. The van der Waals surface area contributed by atoms with E-state index >= 15 is 0 Å². The van der Waals surface area contributed by atoms with Crippen molar-refractivity contribution in [3.05, 3.63) is 22.7 Å². The third kappa shape index (κ3) is 3.70. The van der Waals surface area contributed by atoms with Crippen molar-refractivity contribution >= 4 is 27.5 Å². The summed E-state index contributed by atoms with van der Waals surface area (Å²) in [5.41, 5.74) is 0.776. The minimum absolute atomic E-state index is 0.0311. The van der Waals surface area contributed by atoms with Gasteiger partial charge in [0, 0.05) is 5.69 Å². The first-order chi connectivity index (χ1) is 9.10. The van der Waals surface area contributed by atoms with Crippen LogP contribution in [0.25, 0.3) is 0 Å². The van der Waals surface area contributed by atoms with E-state index in [0.29, 0.717) is 5.92 Å². The van der Waals surface area contributed by atoms with Crippen LogP contribution >= 0.6 is 15.9 Å². The first kappa shape index (κ1) is 14.3. The van der Waals surface area contributed by atoms with Crippen molar-refractivity contribution in [1.82, 2.24) is 5.32 Å². The van der Waals surface area contributed by atoms with Gasteiger partial charge in [-0.25, -0.2) is 0 Å². The monoisotopic (exact) mass is 326 g/mol. The van der Waals surface area contributed by atoms with Crippen molar-refractivity contribution in [1.29, 1.82) is 0 Å². The Kier molecular flexibility index (Phi) is 4.82. The van der Waals surface area contributed by atoms with Crippen LogP contribution in [0.3, 0.4) is 0 Å². The Hall–Kier alpha value is -1.07. The second-order valence-electron chi connectivity index (χ2n) is 4.97. The highest BCUT2D eigenvalue weighted by molar-refractivity contribution is 9.10. The molecule has 0 bridgehead atoms. The Labute approximate surface area is 122 Å². The van der Waals surface area contributed by atoms with Crippen LogP contribution in [0, 0.1) is 5.92 Å². The van der Waals surface area contributed by atoms with Gasteiger partial charge in [0.05, 0.1) is 17.6 Å². The number of hydrogen-bond donors (Lipinski definition) is 2. The van der Waals surface area contributed by atoms with E-state index in [-0.39, 0.29) is 11.9 Å². The lowest BCUT2D eigenvalue weighted by atomic mass is 9.94. The van der Waals surface area contributed by atoms with Gasteiger partial charge >= 0.3 is 0 Å². The van der Waals surface area contributed by atoms with Gasteiger partial charge in [0.25, 0.3) is 0 Å². The molecule has 2 unspecified atom stereocenters. The largest absolute Gasteiger partial charge is 0.496 e. The van der Waals surface area contributed by atoms with E-state index in [0.717, 1.165) is 35.3 Å². The molecule has 2 rings (SSSR count). The number of piperidine rings is 1. The van der Waals surface area contributed by atoms with Crippen molar-refractivity contribution in [3.63, 3.8) is 0 Å². The molecule has 1 aliphatic heterocycles. The molecule has 1 aliphatic rings. The molecule has 5 heteroatoms. The predicted molar refractivity (Wildman–Crippen MR) is 79.5 cm³/mol. The minimum Gasteiger partial charge on any atom is -0.496 e. The molecule has 104 valence electrons. The fraction of sp³-hybridized carbons (Fsp3) is 0.500. The molecular formula is C14H19BrN2O2. The second-order valence-corrected chi connectivity index (χ2v) is 5.83. The Morgan fingerprint density at radius 2 is 2.32 bits per heavy atom. The lowest BCUT2D eigenvalue weighted by Crippen LogP contribution is -2.45. The summed E-state index contributed by atoms with van der Waals surface area (Å²) in [4.78, 5) is 12.2. The van der Waals surface area contributed by atoms with Crippen molar-refractivity contribution in [2.75, 3.05) is 19.0 Å². The van der Waals surface area contributed by atoms with Crippen LogP contribution in [0.1, 0.15) is 19.8 Å². The van der Waals surface area contributed by atoms with Crippen molar-refractivity contribution < 1.29 is 9.53 Å². The lowest BCUT2D eigenvalue weighted by Gasteiger charge is -2.27. The number of hydrogen-bond acceptors (Lipinski definition) is 3. The highest BCUT2D eigenvalue weighted by atomic mass is 79.9. The average Bonchev–Trinajstić information content (AvgIpc) is 2.39. The molecule has 1 amide bonds. The van der Waals surface area contributed by atoms with E-state index in [1.807, 2.05) is 18.2 Å². The number of halogens is 1. The third-order valence-corrected chi connectivity index (χ3v) is 4.02. The number of methoxy groups -OCH3 is 1. The number of rotatable bonds is 3. The van der Waals surface area contributed by atoms with Crippen LogP contribution in [-0.4, -0.2) is 25.6 Å². The summed E-state index contributed by atoms with van der Waals surface area (Å²) >= 11 is 3.41.